The molecule has 1 aliphatic heterocycles. The van der Waals surface area contributed by atoms with Gasteiger partial charge in [-0.3, -0.25) is 0 Å². The van der Waals surface area contributed by atoms with E-state index in [4.69, 9.17) is 23.7 Å². The van der Waals surface area contributed by atoms with Crippen molar-refractivity contribution in [2.24, 2.45) is 0 Å². The van der Waals surface area contributed by atoms with Gasteiger partial charge in [0.25, 0.3) is 0 Å². The normalized spacial score (nSPS) is 25.5. The fraction of sp³-hybridized carbons (Fsp3) is 0.391. The first-order valence-electron chi connectivity index (χ1n) is 9.97. The number of hydrogen-bond donors (Lipinski definition) is 4. The molecule has 1 heterocycles. The van der Waals surface area contributed by atoms with Gasteiger partial charge in [0.2, 0.25) is 6.29 Å². The molecule has 0 saturated carbocycles. The van der Waals surface area contributed by atoms with E-state index >= 15 is 0 Å². The van der Waals surface area contributed by atoms with Gasteiger partial charge in [0.05, 0.1) is 27.9 Å². The van der Waals surface area contributed by atoms with Crippen LogP contribution in [-0.4, -0.2) is 79.1 Å². The molecule has 2 aromatic carbocycles. The number of aliphatic hydroxyl groups excluding tert-OH is 4. The van der Waals surface area contributed by atoms with Crippen molar-refractivity contribution < 1.29 is 44.1 Å². The molecule has 9 nitrogen and oxygen atoms in total. The van der Waals surface area contributed by atoms with Gasteiger partial charge in [-0.15, -0.1) is 0 Å². The molecular formula is C23H28O9. The zero-order valence-electron chi connectivity index (χ0n) is 18.0. The third-order valence-electron chi connectivity index (χ3n) is 5.18. The summed E-state index contributed by atoms with van der Waals surface area (Å²) in [6.07, 6.45) is -3.53. The number of benzene rings is 2. The van der Waals surface area contributed by atoms with Crippen LogP contribution in [0.4, 0.5) is 0 Å². The molecule has 174 valence electrons. The van der Waals surface area contributed by atoms with Gasteiger partial charge in [0.1, 0.15) is 35.9 Å². The predicted molar refractivity (Wildman–Crippen MR) is 116 cm³/mol. The van der Waals surface area contributed by atoms with E-state index in [1.54, 1.807) is 25.3 Å². The zero-order valence-corrected chi connectivity index (χ0v) is 18.0. The second-order valence-corrected chi connectivity index (χ2v) is 7.14. The van der Waals surface area contributed by atoms with Crippen molar-refractivity contribution in [2.45, 2.75) is 30.7 Å². The summed E-state index contributed by atoms with van der Waals surface area (Å²) >= 11 is 0. The van der Waals surface area contributed by atoms with Crippen LogP contribution in [0.2, 0.25) is 0 Å². The molecule has 2 aromatic rings. The largest absolute Gasteiger partial charge is 0.497 e. The maximum absolute atomic E-state index is 10.4. The molecule has 1 fully saturated rings. The number of methoxy groups -OCH3 is 3. The third-order valence-corrected chi connectivity index (χ3v) is 5.18. The predicted octanol–water partition coefficient (Wildman–Crippen LogP) is 1.06. The molecule has 0 aliphatic carbocycles. The summed E-state index contributed by atoms with van der Waals surface area (Å²) in [5.41, 5.74) is 1.35. The SMILES string of the molecule is COc1cc(/C=C/c2ccccc2OC)c(O[C@@H]2O[C@H](CO)[C@@H](O)[C@H](O)[C@H]2O)c(OC)c1. The van der Waals surface area contributed by atoms with E-state index < -0.39 is 37.3 Å². The smallest absolute Gasteiger partial charge is 0.229 e. The van der Waals surface area contributed by atoms with Crippen LogP contribution in [0.25, 0.3) is 12.2 Å². The minimum Gasteiger partial charge on any atom is -0.497 e. The average molecular weight is 448 g/mol. The number of ether oxygens (including phenoxy) is 5. The second-order valence-electron chi connectivity index (χ2n) is 7.14. The molecule has 0 amide bonds. The van der Waals surface area contributed by atoms with Gasteiger partial charge >= 0.3 is 0 Å². The zero-order chi connectivity index (χ0) is 23.3. The van der Waals surface area contributed by atoms with Crippen LogP contribution >= 0.6 is 0 Å². The van der Waals surface area contributed by atoms with Crippen molar-refractivity contribution in [1.82, 2.24) is 0 Å². The van der Waals surface area contributed by atoms with Crippen molar-refractivity contribution in [3.8, 4) is 23.0 Å². The van der Waals surface area contributed by atoms with Crippen molar-refractivity contribution in [1.29, 1.82) is 0 Å². The molecule has 9 heteroatoms. The topological polar surface area (TPSA) is 127 Å². The Balaban J connectivity index is 2.00. The van der Waals surface area contributed by atoms with Crippen LogP contribution in [-0.2, 0) is 4.74 Å². The fourth-order valence-corrected chi connectivity index (χ4v) is 3.38. The summed E-state index contributed by atoms with van der Waals surface area (Å²) in [6, 6.07) is 10.7. The standard InChI is InChI=1S/C23H28O9/c1-28-15-10-14(9-8-13-6-4-5-7-16(13)29-2)22(17(11-15)30-3)32-23-21(27)20(26)19(25)18(12-24)31-23/h4-11,18-21,23-27H,12H2,1-3H3/b9-8+/t18-,19-,20+,21-,23+/m1/s1. The van der Waals surface area contributed by atoms with Gasteiger partial charge in [-0.2, -0.15) is 0 Å². The monoisotopic (exact) mass is 448 g/mol. The maximum atomic E-state index is 10.4. The Kier molecular flexibility index (Phi) is 7.94. The van der Waals surface area contributed by atoms with E-state index in [9.17, 15) is 20.4 Å². The molecule has 0 bridgehead atoms. The number of aliphatic hydroxyl groups is 4. The Bertz CT molecular complexity index is 928. The summed E-state index contributed by atoms with van der Waals surface area (Å²) in [7, 11) is 4.54. The molecule has 5 atom stereocenters. The van der Waals surface area contributed by atoms with Crippen molar-refractivity contribution in [2.75, 3.05) is 27.9 Å². The van der Waals surface area contributed by atoms with E-state index in [-0.39, 0.29) is 5.75 Å². The fourth-order valence-electron chi connectivity index (χ4n) is 3.38. The molecule has 1 aliphatic rings. The van der Waals surface area contributed by atoms with Crippen LogP contribution < -0.4 is 18.9 Å². The first kappa shape index (κ1) is 23.8. The number of hydrogen-bond acceptors (Lipinski definition) is 9. The van der Waals surface area contributed by atoms with Gasteiger partial charge in [0, 0.05) is 17.2 Å². The number of para-hydroxylation sites is 1. The molecular weight excluding hydrogens is 420 g/mol. The van der Waals surface area contributed by atoms with E-state index in [2.05, 4.69) is 0 Å². The summed E-state index contributed by atoms with van der Waals surface area (Å²) in [5, 5.41) is 39.9. The van der Waals surface area contributed by atoms with E-state index in [1.807, 2.05) is 30.3 Å². The highest BCUT2D eigenvalue weighted by Gasteiger charge is 2.45. The molecule has 0 aromatic heterocycles. The van der Waals surface area contributed by atoms with Crippen molar-refractivity contribution in [3.63, 3.8) is 0 Å². The quantitative estimate of drug-likeness (QED) is 0.439. The van der Waals surface area contributed by atoms with Gasteiger partial charge in [-0.25, -0.2) is 0 Å². The molecule has 32 heavy (non-hydrogen) atoms. The van der Waals surface area contributed by atoms with E-state index in [0.717, 1.165) is 5.56 Å². The lowest BCUT2D eigenvalue weighted by atomic mass is 9.99. The highest BCUT2D eigenvalue weighted by Crippen LogP contribution is 2.39. The highest BCUT2D eigenvalue weighted by atomic mass is 16.7. The molecule has 0 unspecified atom stereocenters. The van der Waals surface area contributed by atoms with E-state index in [1.165, 1.54) is 14.2 Å². The van der Waals surface area contributed by atoms with Gasteiger partial charge in [0.15, 0.2) is 11.5 Å². The number of rotatable bonds is 8. The lowest BCUT2D eigenvalue weighted by Gasteiger charge is -2.39. The van der Waals surface area contributed by atoms with Crippen LogP contribution in [0, 0.1) is 0 Å². The van der Waals surface area contributed by atoms with Crippen LogP contribution in [0.1, 0.15) is 11.1 Å². The lowest BCUT2D eigenvalue weighted by molar-refractivity contribution is -0.277. The van der Waals surface area contributed by atoms with Gasteiger partial charge in [-0.1, -0.05) is 30.4 Å². The Morgan fingerprint density at radius 2 is 1.53 bits per heavy atom. The summed E-state index contributed by atoms with van der Waals surface area (Å²) < 4.78 is 27.5. The average Bonchev–Trinajstić information content (AvgIpc) is 2.83. The van der Waals surface area contributed by atoms with Gasteiger partial charge in [-0.05, 0) is 12.1 Å². The highest BCUT2D eigenvalue weighted by molar-refractivity contribution is 5.77. The van der Waals surface area contributed by atoms with Crippen LogP contribution in [0.5, 0.6) is 23.0 Å². The Hall–Kier alpha value is -2.82. The Morgan fingerprint density at radius 1 is 0.844 bits per heavy atom. The summed E-state index contributed by atoms with van der Waals surface area (Å²) in [5.74, 6) is 1.68. The Morgan fingerprint density at radius 3 is 2.19 bits per heavy atom. The second kappa shape index (κ2) is 10.7. The minimum atomic E-state index is -1.57. The molecule has 1 saturated heterocycles. The maximum Gasteiger partial charge on any atom is 0.229 e. The lowest BCUT2D eigenvalue weighted by Crippen LogP contribution is -2.60. The van der Waals surface area contributed by atoms with Crippen molar-refractivity contribution in [3.05, 3.63) is 47.5 Å². The first-order valence-corrected chi connectivity index (χ1v) is 9.97. The first-order chi connectivity index (χ1) is 15.4. The van der Waals surface area contributed by atoms with Crippen LogP contribution in [0.3, 0.4) is 0 Å². The minimum absolute atomic E-state index is 0.212. The van der Waals surface area contributed by atoms with Gasteiger partial charge < -0.3 is 44.1 Å². The Labute approximate surface area is 186 Å². The summed E-state index contributed by atoms with van der Waals surface area (Å²) in [6.45, 7) is -0.564. The molecule has 0 radical (unpaired) electrons. The van der Waals surface area contributed by atoms with Crippen LogP contribution in [0.15, 0.2) is 36.4 Å². The summed E-state index contributed by atoms with van der Waals surface area (Å²) in [4.78, 5) is 0. The van der Waals surface area contributed by atoms with Crippen molar-refractivity contribution >= 4 is 12.2 Å². The van der Waals surface area contributed by atoms with E-state index in [0.29, 0.717) is 22.8 Å². The molecule has 3 rings (SSSR count). The molecule has 4 N–H and O–H groups in total. The third kappa shape index (κ3) is 4.98. The molecule has 0 spiro atoms.